The molecule has 2 unspecified atom stereocenters. The minimum atomic E-state index is -5.18. The monoisotopic (exact) mass is 1100 g/mol. The van der Waals surface area contributed by atoms with Crippen molar-refractivity contribution >= 4 is 29.8 Å². The van der Waals surface area contributed by atoms with Gasteiger partial charge >= 0.3 is 24.5 Å². The van der Waals surface area contributed by atoms with Gasteiger partial charge in [0.1, 0.15) is 29.5 Å². The summed E-state index contributed by atoms with van der Waals surface area (Å²) in [6.45, 7) is 3.58. The van der Waals surface area contributed by atoms with E-state index in [9.17, 15) is 50.6 Å². The highest BCUT2D eigenvalue weighted by atomic mass is 19.4. The van der Waals surface area contributed by atoms with E-state index in [4.69, 9.17) is 4.74 Å². The summed E-state index contributed by atoms with van der Waals surface area (Å²) in [7, 11) is 1.66. The third-order valence-corrected chi connectivity index (χ3v) is 14.4. The molecule has 4 aliphatic heterocycles. The molecule has 4 aliphatic rings. The summed E-state index contributed by atoms with van der Waals surface area (Å²) in [5.41, 5.74) is -3.21. The molecule has 8 rings (SSSR count). The summed E-state index contributed by atoms with van der Waals surface area (Å²) in [5.74, 6) is 1.31. The lowest BCUT2D eigenvalue weighted by molar-refractivity contribution is -0.221. The van der Waals surface area contributed by atoms with E-state index >= 15 is 8.78 Å². The van der Waals surface area contributed by atoms with Gasteiger partial charge in [-0.15, -0.1) is 0 Å². The Kier molecular flexibility index (Phi) is 17.9. The minimum absolute atomic E-state index is 0.0294. The number of pyridine rings is 2. The van der Waals surface area contributed by atoms with Crippen LogP contribution in [0, 0.1) is 34.3 Å². The predicted molar refractivity (Wildman–Crippen MR) is 266 cm³/mol. The van der Waals surface area contributed by atoms with Crippen LogP contribution in [0.15, 0.2) is 79.1 Å². The van der Waals surface area contributed by atoms with Crippen LogP contribution in [0.4, 0.5) is 50.5 Å². The standard InChI is InChI=1S/C53H59F8N9O8/c1-50(2,52(56,57)58)44(65-48(74)76-5)46(72)64-41(19-31-13-10-30(11-14-31)12-15-32-16-17-43(63-23-32)68-24-34-22-35(25-68)70(34)36-28-78-29-36)42(71)27-69(67-47(73)45(66-49(75)77-6)51(3,4)53(59,60)61)26-37-38(54)20-33(21-39(37)55)40-9-7-8-18-62-40/h7-11,13-14,16-18,20-21,23,34-36,41-42,44-45,71H,19,22,24-29H2,1-6H3,(H,64,72)(H,65,74)(H,66,75)(H,67,73)/t34?,35?,41-,42-,44+,45+/m0/s1. The molecule has 0 aliphatic carbocycles. The van der Waals surface area contributed by atoms with E-state index in [1.165, 1.54) is 24.4 Å². The van der Waals surface area contributed by atoms with Gasteiger partial charge in [0.15, 0.2) is 0 Å². The molecule has 6 atom stereocenters. The summed E-state index contributed by atoms with van der Waals surface area (Å²) in [6.07, 6.45) is -11.6. The molecule has 2 aromatic heterocycles. The third-order valence-electron chi connectivity index (χ3n) is 14.4. The van der Waals surface area contributed by atoms with Crippen LogP contribution in [0.25, 0.3) is 11.3 Å². The molecule has 420 valence electrons. The number of rotatable bonds is 18. The Bertz CT molecular complexity index is 2810. The van der Waals surface area contributed by atoms with Crippen molar-refractivity contribution in [3.05, 3.63) is 113 Å². The van der Waals surface area contributed by atoms with Crippen LogP contribution in [0.5, 0.6) is 0 Å². The number of amides is 4. The maximum atomic E-state index is 16.0. The molecule has 5 N–H and O–H groups in total. The van der Waals surface area contributed by atoms with Crippen LogP contribution >= 0.6 is 0 Å². The summed E-state index contributed by atoms with van der Waals surface area (Å²) >= 11 is 0. The molecule has 0 spiro atoms. The summed E-state index contributed by atoms with van der Waals surface area (Å²) in [5, 5.41) is 18.7. The number of aromatic nitrogens is 2. The number of carbonyl (C=O) groups excluding carboxylic acids is 4. The first-order valence-corrected chi connectivity index (χ1v) is 24.6. The number of aliphatic hydroxyl groups excluding tert-OH is 1. The second kappa shape index (κ2) is 23.8. The Balaban J connectivity index is 1.17. The van der Waals surface area contributed by atoms with Crippen molar-refractivity contribution in [2.24, 2.45) is 10.8 Å². The number of hydrogen-bond donors (Lipinski definition) is 5. The molecule has 17 nitrogen and oxygen atoms in total. The number of ether oxygens (including phenoxy) is 3. The summed E-state index contributed by atoms with van der Waals surface area (Å²) < 4.78 is 134. The zero-order chi connectivity index (χ0) is 56.9. The molecule has 78 heavy (non-hydrogen) atoms. The molecule has 4 amide bonds. The van der Waals surface area contributed by atoms with Gasteiger partial charge in [0.2, 0.25) is 5.91 Å². The summed E-state index contributed by atoms with van der Waals surface area (Å²) in [4.78, 5) is 66.4. The molecule has 4 fully saturated rings. The number of halogens is 8. The average Bonchev–Trinajstić information content (AvgIpc) is 3.41. The van der Waals surface area contributed by atoms with Gasteiger partial charge in [-0.05, 0) is 94.6 Å². The topological polar surface area (TPSA) is 200 Å². The number of hydrogen-bond acceptors (Lipinski definition) is 13. The van der Waals surface area contributed by atoms with Crippen LogP contribution in [-0.2, 0) is 36.8 Å². The van der Waals surface area contributed by atoms with Gasteiger partial charge in [-0.2, -0.15) is 26.3 Å². The molecular formula is C53H59F8N9O8. The fourth-order valence-electron chi connectivity index (χ4n) is 9.31. The van der Waals surface area contributed by atoms with Crippen LogP contribution in [0.1, 0.15) is 56.4 Å². The molecule has 0 radical (unpaired) electrons. The lowest BCUT2D eigenvalue weighted by Gasteiger charge is -2.60. The number of aliphatic hydroxyl groups is 1. The van der Waals surface area contributed by atoms with Crippen molar-refractivity contribution in [2.75, 3.05) is 52.0 Å². The highest BCUT2D eigenvalue weighted by Crippen LogP contribution is 2.42. The summed E-state index contributed by atoms with van der Waals surface area (Å²) in [6, 6.07) is 11.0. The Labute approximate surface area is 444 Å². The highest BCUT2D eigenvalue weighted by molar-refractivity contribution is 5.87. The number of nitrogens with zero attached hydrogens (tertiary/aromatic N) is 5. The number of alkyl halides is 6. The van der Waals surface area contributed by atoms with Gasteiger partial charge < -0.3 is 40.2 Å². The first-order chi connectivity index (χ1) is 36.7. The molecule has 6 heterocycles. The van der Waals surface area contributed by atoms with Gasteiger partial charge in [-0.1, -0.05) is 30.0 Å². The number of hydrazine groups is 1. The van der Waals surface area contributed by atoms with Crippen LogP contribution in [0.3, 0.4) is 0 Å². The third kappa shape index (κ3) is 13.4. The molecule has 4 aromatic rings. The van der Waals surface area contributed by atoms with Crippen molar-refractivity contribution in [1.82, 2.24) is 41.3 Å². The van der Waals surface area contributed by atoms with Crippen LogP contribution < -0.4 is 26.3 Å². The van der Waals surface area contributed by atoms with Crippen molar-refractivity contribution in [2.45, 2.75) is 102 Å². The normalized spacial score (nSPS) is 18.4. The second-order valence-electron chi connectivity index (χ2n) is 20.4. The maximum Gasteiger partial charge on any atom is 0.407 e. The Morgan fingerprint density at radius 3 is 1.83 bits per heavy atom. The number of benzene rings is 2. The molecule has 2 bridgehead atoms. The van der Waals surface area contributed by atoms with Gasteiger partial charge in [-0.25, -0.2) is 28.4 Å². The molecule has 25 heteroatoms. The Morgan fingerprint density at radius 2 is 1.33 bits per heavy atom. The van der Waals surface area contributed by atoms with Crippen molar-refractivity contribution < 1.29 is 73.6 Å². The van der Waals surface area contributed by atoms with Gasteiger partial charge in [-0.3, -0.25) is 24.9 Å². The highest BCUT2D eigenvalue weighted by Gasteiger charge is 2.57. The minimum Gasteiger partial charge on any atom is -0.453 e. The number of anilines is 1. The molecule has 4 saturated heterocycles. The van der Waals surface area contributed by atoms with E-state index in [2.05, 4.69) is 51.8 Å². The zero-order valence-electron chi connectivity index (χ0n) is 43.3. The zero-order valence-corrected chi connectivity index (χ0v) is 43.3. The quantitative estimate of drug-likeness (QED) is 0.0440. The van der Waals surface area contributed by atoms with E-state index in [0.29, 0.717) is 67.5 Å². The fraction of sp³-hybridized carbons (Fsp3) is 0.472. The number of carbonyl (C=O) groups is 4. The first kappa shape index (κ1) is 58.5. The largest absolute Gasteiger partial charge is 0.453 e. The van der Waals surface area contributed by atoms with E-state index in [0.717, 1.165) is 64.9 Å². The number of methoxy groups -OCH3 is 2. The fourth-order valence-corrected chi connectivity index (χ4v) is 9.31. The smallest absolute Gasteiger partial charge is 0.407 e. The number of fused-ring (bicyclic) bond motifs is 2. The molecular weight excluding hydrogens is 1040 g/mol. The average molecular weight is 1100 g/mol. The second-order valence-corrected chi connectivity index (χ2v) is 20.4. The van der Waals surface area contributed by atoms with Crippen LogP contribution in [0.2, 0.25) is 0 Å². The van der Waals surface area contributed by atoms with Crippen molar-refractivity contribution in [3.8, 4) is 23.1 Å². The van der Waals surface area contributed by atoms with Gasteiger partial charge in [0.25, 0.3) is 5.91 Å². The number of alkyl carbamates (subject to hydrolysis) is 2. The van der Waals surface area contributed by atoms with Crippen LogP contribution in [-0.4, -0.2) is 151 Å². The first-order valence-electron chi connectivity index (χ1n) is 24.6. The van der Waals surface area contributed by atoms with E-state index in [-0.39, 0.29) is 11.3 Å². The van der Waals surface area contributed by atoms with Gasteiger partial charge in [0, 0.05) is 72.9 Å². The Hall–Kier alpha value is -7.14. The molecule has 0 saturated carbocycles. The van der Waals surface area contributed by atoms with E-state index < -0.39 is 108 Å². The number of piperidine rings is 1. The number of piperazine rings is 1. The number of nitrogens with one attached hydrogen (secondary N) is 4. The van der Waals surface area contributed by atoms with Crippen molar-refractivity contribution in [1.29, 1.82) is 0 Å². The lowest BCUT2D eigenvalue weighted by atomic mass is 9.82. The predicted octanol–water partition coefficient (Wildman–Crippen LogP) is 6.03. The lowest BCUT2D eigenvalue weighted by Crippen LogP contribution is -2.74. The van der Waals surface area contributed by atoms with E-state index in [1.807, 2.05) is 22.8 Å². The Morgan fingerprint density at radius 1 is 0.769 bits per heavy atom. The maximum absolute atomic E-state index is 16.0. The van der Waals surface area contributed by atoms with Gasteiger partial charge in [0.05, 0.1) is 62.1 Å². The van der Waals surface area contributed by atoms with Crippen molar-refractivity contribution in [3.63, 3.8) is 0 Å². The molecule has 2 aromatic carbocycles. The van der Waals surface area contributed by atoms with E-state index in [1.54, 1.807) is 30.5 Å². The SMILES string of the molecule is COC(=O)N[C@H](C(=O)N[C@@H](Cc1ccc(C#Cc2ccc(N3CC4CC(C3)N4C3COC3)nc2)cc1)[C@@H](O)CN(Cc1c(F)cc(-c2ccccn2)cc1F)NC(=O)[C@@H](NC(=O)OC)C(C)(C)C(F)(F)F)C(C)(C)C(F)(F)F.